The topological polar surface area (TPSA) is 113 Å². The molecule has 7 heteroatoms. The third-order valence-corrected chi connectivity index (χ3v) is 2.44. The second-order valence-electron chi connectivity index (χ2n) is 4.25. The molecule has 0 spiro atoms. The molecule has 1 fully saturated rings. The van der Waals surface area contributed by atoms with E-state index < -0.39 is 11.8 Å². The first kappa shape index (κ1) is 14.4. The van der Waals surface area contributed by atoms with Crippen molar-refractivity contribution in [2.24, 2.45) is 5.73 Å². The summed E-state index contributed by atoms with van der Waals surface area (Å²) >= 11 is 0. The van der Waals surface area contributed by atoms with E-state index in [0.29, 0.717) is 32.0 Å². The fourth-order valence-corrected chi connectivity index (χ4v) is 1.32. The number of carbonyl (C=O) groups excluding carboxylic acids is 3. The van der Waals surface area contributed by atoms with E-state index in [-0.39, 0.29) is 12.5 Å². The van der Waals surface area contributed by atoms with Gasteiger partial charge < -0.3 is 21.7 Å². The summed E-state index contributed by atoms with van der Waals surface area (Å²) < 4.78 is 0. The van der Waals surface area contributed by atoms with Gasteiger partial charge in [0.05, 0.1) is 0 Å². The quantitative estimate of drug-likeness (QED) is 0.319. The number of nitrogens with two attached hydrogens (primary N) is 1. The lowest BCUT2D eigenvalue weighted by atomic mass is 10.3. The van der Waals surface area contributed by atoms with E-state index in [9.17, 15) is 14.4 Å². The maximum absolute atomic E-state index is 11.3. The minimum Gasteiger partial charge on any atom is -0.353 e. The molecular formula is C11H20N4O3. The third-order valence-electron chi connectivity index (χ3n) is 2.44. The Kier molecular flexibility index (Phi) is 6.13. The van der Waals surface area contributed by atoms with Gasteiger partial charge in [0.2, 0.25) is 5.91 Å². The van der Waals surface area contributed by atoms with Gasteiger partial charge in [-0.3, -0.25) is 14.4 Å². The Labute approximate surface area is 106 Å². The monoisotopic (exact) mass is 256 g/mol. The molecule has 0 atom stereocenters. The van der Waals surface area contributed by atoms with Gasteiger partial charge in [0.15, 0.2) is 0 Å². The van der Waals surface area contributed by atoms with Crippen LogP contribution < -0.4 is 21.7 Å². The van der Waals surface area contributed by atoms with E-state index in [2.05, 4.69) is 16.0 Å². The molecule has 102 valence electrons. The van der Waals surface area contributed by atoms with Crippen molar-refractivity contribution in [3.63, 3.8) is 0 Å². The maximum atomic E-state index is 11.3. The SMILES string of the molecule is NCCNC(=O)C(=O)NCCCC(=O)NC1CC1. The first-order chi connectivity index (χ1) is 8.63. The van der Waals surface area contributed by atoms with Crippen molar-refractivity contribution in [1.29, 1.82) is 0 Å². The van der Waals surface area contributed by atoms with Crippen molar-refractivity contribution in [2.45, 2.75) is 31.7 Å². The molecule has 7 nitrogen and oxygen atoms in total. The van der Waals surface area contributed by atoms with Gasteiger partial charge in [0, 0.05) is 32.1 Å². The van der Waals surface area contributed by atoms with Gasteiger partial charge in [-0.25, -0.2) is 0 Å². The lowest BCUT2D eigenvalue weighted by Crippen LogP contribution is -2.42. The minimum atomic E-state index is -0.692. The molecule has 0 heterocycles. The van der Waals surface area contributed by atoms with Crippen molar-refractivity contribution in [3.8, 4) is 0 Å². The summed E-state index contributed by atoms with van der Waals surface area (Å²) in [6.07, 6.45) is 3.00. The number of carbonyl (C=O) groups is 3. The van der Waals surface area contributed by atoms with Crippen molar-refractivity contribution >= 4 is 17.7 Å². The molecule has 0 aliphatic heterocycles. The second-order valence-corrected chi connectivity index (χ2v) is 4.25. The van der Waals surface area contributed by atoms with E-state index in [1.54, 1.807) is 0 Å². The van der Waals surface area contributed by atoms with E-state index in [4.69, 9.17) is 5.73 Å². The van der Waals surface area contributed by atoms with Crippen LogP contribution in [0.2, 0.25) is 0 Å². The second kappa shape index (κ2) is 7.65. The molecule has 0 aromatic rings. The zero-order valence-corrected chi connectivity index (χ0v) is 10.3. The summed E-state index contributed by atoms with van der Waals surface area (Å²) in [5.74, 6) is -1.38. The third kappa shape index (κ3) is 6.19. The molecule has 0 bridgehead atoms. The van der Waals surface area contributed by atoms with E-state index in [1.165, 1.54) is 0 Å². The highest BCUT2D eigenvalue weighted by atomic mass is 16.2. The smallest absolute Gasteiger partial charge is 0.309 e. The Morgan fingerprint density at radius 2 is 1.67 bits per heavy atom. The minimum absolute atomic E-state index is 0.000618. The number of hydrogen-bond donors (Lipinski definition) is 4. The predicted octanol–water partition coefficient (Wildman–Crippen LogP) is -1.76. The normalized spacial score (nSPS) is 13.8. The average Bonchev–Trinajstić information content (AvgIpc) is 3.15. The number of nitrogens with one attached hydrogen (secondary N) is 3. The van der Waals surface area contributed by atoms with Crippen LogP contribution in [0.3, 0.4) is 0 Å². The van der Waals surface area contributed by atoms with Crippen LogP contribution >= 0.6 is 0 Å². The van der Waals surface area contributed by atoms with Gasteiger partial charge in [0.25, 0.3) is 0 Å². The Hall–Kier alpha value is -1.63. The first-order valence-electron chi connectivity index (χ1n) is 6.19. The van der Waals surface area contributed by atoms with E-state index in [0.717, 1.165) is 12.8 Å². The molecular weight excluding hydrogens is 236 g/mol. The molecule has 18 heavy (non-hydrogen) atoms. The Morgan fingerprint density at radius 1 is 1.06 bits per heavy atom. The van der Waals surface area contributed by atoms with Crippen LogP contribution in [0.5, 0.6) is 0 Å². The lowest BCUT2D eigenvalue weighted by molar-refractivity contribution is -0.139. The molecule has 1 rings (SSSR count). The number of rotatable bonds is 7. The lowest BCUT2D eigenvalue weighted by Gasteiger charge is -2.06. The standard InChI is InChI=1S/C11H20N4O3/c12-5-7-14-11(18)10(17)13-6-1-2-9(16)15-8-3-4-8/h8H,1-7,12H2,(H,13,17)(H,14,18)(H,15,16). The van der Waals surface area contributed by atoms with Crippen LogP contribution in [0.25, 0.3) is 0 Å². The summed E-state index contributed by atoms with van der Waals surface area (Å²) in [6, 6.07) is 0.356. The zero-order valence-electron chi connectivity index (χ0n) is 10.3. The fraction of sp³-hybridized carbons (Fsp3) is 0.727. The molecule has 0 saturated heterocycles. The van der Waals surface area contributed by atoms with Crippen molar-refractivity contribution < 1.29 is 14.4 Å². The Morgan fingerprint density at radius 3 is 2.22 bits per heavy atom. The van der Waals surface area contributed by atoms with Crippen LogP contribution in [0.1, 0.15) is 25.7 Å². The van der Waals surface area contributed by atoms with Crippen LogP contribution in [-0.4, -0.2) is 43.4 Å². The Balaban J connectivity index is 2.00. The summed E-state index contributed by atoms with van der Waals surface area (Å²) in [5, 5.41) is 7.65. The van der Waals surface area contributed by atoms with E-state index in [1.807, 2.05) is 0 Å². The zero-order chi connectivity index (χ0) is 13.4. The van der Waals surface area contributed by atoms with Gasteiger partial charge >= 0.3 is 11.8 Å². The number of amides is 3. The van der Waals surface area contributed by atoms with Crippen molar-refractivity contribution in [1.82, 2.24) is 16.0 Å². The molecule has 0 radical (unpaired) electrons. The van der Waals surface area contributed by atoms with Gasteiger partial charge in [-0.1, -0.05) is 0 Å². The number of hydrogen-bond acceptors (Lipinski definition) is 4. The van der Waals surface area contributed by atoms with Crippen molar-refractivity contribution in [2.75, 3.05) is 19.6 Å². The molecule has 1 aliphatic carbocycles. The maximum Gasteiger partial charge on any atom is 0.309 e. The van der Waals surface area contributed by atoms with Gasteiger partial charge in [-0.05, 0) is 19.3 Å². The molecule has 0 aromatic heterocycles. The molecule has 5 N–H and O–H groups in total. The highest BCUT2D eigenvalue weighted by molar-refractivity contribution is 6.35. The molecule has 3 amide bonds. The molecule has 0 unspecified atom stereocenters. The highest BCUT2D eigenvalue weighted by Crippen LogP contribution is 2.18. The molecule has 1 aliphatic rings. The first-order valence-corrected chi connectivity index (χ1v) is 6.19. The molecule has 1 saturated carbocycles. The highest BCUT2D eigenvalue weighted by Gasteiger charge is 2.22. The fourth-order valence-electron chi connectivity index (χ4n) is 1.32. The van der Waals surface area contributed by atoms with Gasteiger partial charge in [-0.15, -0.1) is 0 Å². The summed E-state index contributed by atoms with van der Waals surface area (Å²) in [5.41, 5.74) is 5.19. The summed E-state index contributed by atoms with van der Waals surface area (Å²) in [4.78, 5) is 33.6. The van der Waals surface area contributed by atoms with Crippen LogP contribution in [0.4, 0.5) is 0 Å². The average molecular weight is 256 g/mol. The van der Waals surface area contributed by atoms with Gasteiger partial charge in [-0.2, -0.15) is 0 Å². The largest absolute Gasteiger partial charge is 0.353 e. The van der Waals surface area contributed by atoms with Crippen LogP contribution in [0, 0.1) is 0 Å². The summed E-state index contributed by atoms with van der Waals surface area (Å²) in [7, 11) is 0. The Bertz CT molecular complexity index is 315. The van der Waals surface area contributed by atoms with Crippen molar-refractivity contribution in [3.05, 3.63) is 0 Å². The predicted molar refractivity (Wildman–Crippen MR) is 65.5 cm³/mol. The molecule has 0 aromatic carbocycles. The van der Waals surface area contributed by atoms with Crippen LogP contribution in [-0.2, 0) is 14.4 Å². The van der Waals surface area contributed by atoms with E-state index >= 15 is 0 Å². The van der Waals surface area contributed by atoms with Gasteiger partial charge in [0.1, 0.15) is 0 Å². The summed E-state index contributed by atoms with van der Waals surface area (Å²) in [6.45, 7) is 0.878. The van der Waals surface area contributed by atoms with Crippen LogP contribution in [0.15, 0.2) is 0 Å².